The maximum atomic E-state index is 11.3. The predicted octanol–water partition coefficient (Wildman–Crippen LogP) is 2.71. The van der Waals surface area contributed by atoms with Crippen molar-refractivity contribution in [3.63, 3.8) is 0 Å². The molecule has 0 spiro atoms. The normalized spacial score (nSPS) is 54.3. The fourth-order valence-corrected chi connectivity index (χ4v) is 12.9. The van der Waals surface area contributed by atoms with Crippen molar-refractivity contribution in [2.75, 3.05) is 19.8 Å². The molecule has 0 amide bonds. The van der Waals surface area contributed by atoms with Crippen LogP contribution in [0, 0.1) is 44.3 Å². The molecule has 5 fully saturated rings. The van der Waals surface area contributed by atoms with E-state index in [1.54, 1.807) is 5.57 Å². The summed E-state index contributed by atoms with van der Waals surface area (Å²) < 4.78 is 24.4. The zero-order chi connectivity index (χ0) is 39.4. The molecule has 12 nitrogen and oxygen atoms in total. The van der Waals surface area contributed by atoms with Crippen molar-refractivity contribution < 1.29 is 59.8 Å². The Morgan fingerprint density at radius 2 is 1.31 bits per heavy atom. The highest BCUT2D eigenvalue weighted by atomic mass is 16.8. The molecule has 18 atom stereocenters. The third kappa shape index (κ3) is 6.06. The van der Waals surface area contributed by atoms with Crippen LogP contribution < -0.4 is 0 Å². The van der Waals surface area contributed by atoms with Crippen molar-refractivity contribution in [2.45, 2.75) is 174 Å². The lowest BCUT2D eigenvalue weighted by molar-refractivity contribution is -0.378. The topological polar surface area (TPSA) is 199 Å². The molecule has 0 bridgehead atoms. The quantitative estimate of drug-likeness (QED) is 0.177. The molecule has 5 aliphatic carbocycles. The molecule has 7 aliphatic rings. The Labute approximate surface area is 320 Å². The fourth-order valence-electron chi connectivity index (χ4n) is 12.9. The van der Waals surface area contributed by atoms with Crippen LogP contribution >= 0.6 is 0 Å². The van der Waals surface area contributed by atoms with Gasteiger partial charge in [-0.3, -0.25) is 0 Å². The number of aliphatic hydroxyl groups excluding tert-OH is 8. The molecule has 0 aromatic heterocycles. The van der Waals surface area contributed by atoms with Gasteiger partial charge in [0, 0.05) is 6.61 Å². The smallest absolute Gasteiger partial charge is 0.187 e. The molecule has 0 radical (unpaired) electrons. The second-order valence-corrected chi connectivity index (χ2v) is 20.3. The number of rotatable bonds is 7. The van der Waals surface area contributed by atoms with Gasteiger partial charge in [-0.05, 0) is 108 Å². The lowest BCUT2D eigenvalue weighted by Gasteiger charge is -2.69. The van der Waals surface area contributed by atoms with E-state index in [-0.39, 0.29) is 51.1 Å². The zero-order valence-corrected chi connectivity index (χ0v) is 33.4. The van der Waals surface area contributed by atoms with Gasteiger partial charge in [-0.25, -0.2) is 0 Å². The molecule has 2 heterocycles. The summed E-state index contributed by atoms with van der Waals surface area (Å²) >= 11 is 0. The summed E-state index contributed by atoms with van der Waals surface area (Å²) in [4.78, 5) is 0. The van der Waals surface area contributed by atoms with Gasteiger partial charge in [0.1, 0.15) is 48.8 Å². The molecule has 54 heavy (non-hydrogen) atoms. The zero-order valence-electron chi connectivity index (χ0n) is 33.4. The Kier molecular flexibility index (Phi) is 10.7. The van der Waals surface area contributed by atoms with Gasteiger partial charge in [-0.15, -0.1) is 0 Å². The third-order valence-corrected chi connectivity index (χ3v) is 16.9. The molecule has 1 unspecified atom stereocenters. The average molecular weight is 765 g/mol. The van der Waals surface area contributed by atoms with Crippen molar-refractivity contribution in [1.82, 2.24) is 0 Å². The fraction of sp³-hybridized carbons (Fsp3) is 0.905. The first-order chi connectivity index (χ1) is 25.2. The summed E-state index contributed by atoms with van der Waals surface area (Å²) in [7, 11) is 0. The second kappa shape index (κ2) is 14.1. The lowest BCUT2D eigenvalue weighted by atomic mass is 9.35. The molecular weight excluding hydrogens is 696 g/mol. The molecule has 0 aromatic rings. The standard InChI is InChI=1S/C42H68O12/c1-37(2)26-10-13-42(7)27(9-8-22-23-18-38(3,21-45)14-15-39(23,4)16-17-41(22,42)6)40(26,5)12-11-28(37)53-36-34(32(49)30(47)25(20-44)52-36)54-35-33(50)31(48)29(46)24(19-43)51-35/h8-9,24-36,43-50H,10-21H2,1-7H3/t24-,25-,26+,27-,28?,29-,30-,31+,32+,33-,34-,35+,36+,38-,39-,40+,41-,42-/m1/s1. The van der Waals surface area contributed by atoms with Crippen molar-refractivity contribution in [1.29, 1.82) is 0 Å². The van der Waals surface area contributed by atoms with Crippen LogP contribution in [0.5, 0.6) is 0 Å². The van der Waals surface area contributed by atoms with Crippen molar-refractivity contribution in [3.05, 3.63) is 23.3 Å². The molecule has 2 aliphatic heterocycles. The minimum absolute atomic E-state index is 0.0155. The number of fused-ring (bicyclic) bond motifs is 6. The Hall–Kier alpha value is -1.00. The van der Waals surface area contributed by atoms with Gasteiger partial charge in [-0.2, -0.15) is 0 Å². The van der Waals surface area contributed by atoms with Crippen LogP contribution in [-0.4, -0.2) is 128 Å². The van der Waals surface area contributed by atoms with E-state index in [2.05, 4.69) is 60.6 Å². The minimum Gasteiger partial charge on any atom is -0.396 e. The summed E-state index contributed by atoms with van der Waals surface area (Å²) in [6.45, 7) is 15.7. The highest BCUT2D eigenvalue weighted by Gasteiger charge is 2.67. The van der Waals surface area contributed by atoms with Gasteiger partial charge in [-0.1, -0.05) is 66.2 Å². The summed E-state index contributed by atoms with van der Waals surface area (Å²) in [6.07, 6.45) is -1.13. The molecule has 0 aromatic carbocycles. The monoisotopic (exact) mass is 764 g/mol. The lowest BCUT2D eigenvalue weighted by Crippen LogP contribution is -2.66. The van der Waals surface area contributed by atoms with Crippen LogP contribution in [0.3, 0.4) is 0 Å². The van der Waals surface area contributed by atoms with Crippen LogP contribution in [0.15, 0.2) is 23.3 Å². The van der Waals surface area contributed by atoms with Crippen LogP contribution in [0.25, 0.3) is 0 Å². The second-order valence-electron chi connectivity index (χ2n) is 20.3. The van der Waals surface area contributed by atoms with Crippen LogP contribution in [0.4, 0.5) is 0 Å². The maximum absolute atomic E-state index is 11.3. The van der Waals surface area contributed by atoms with E-state index < -0.39 is 74.6 Å². The highest BCUT2D eigenvalue weighted by Crippen LogP contribution is 2.74. The minimum atomic E-state index is -1.73. The number of hydrogen-bond acceptors (Lipinski definition) is 12. The van der Waals surface area contributed by atoms with E-state index in [1.807, 2.05) is 0 Å². The summed E-state index contributed by atoms with van der Waals surface area (Å²) in [5, 5.41) is 83.8. The third-order valence-electron chi connectivity index (χ3n) is 16.9. The SMILES string of the molecule is CC1(C)C(O[C@@H]2O[C@H](CO)[C@@H](O)[C@H](O)[C@H]2O[C@@H]2O[C@H](CO)[C@@H](O)[C@H](O)[C@H]2O)CC[C@]2(C)[C@H]3C=CC4=C5C[C@](C)(CO)CC[C@]5(C)CC[C@@]4(C)[C@]3(C)CC[C@@H]12. The Morgan fingerprint density at radius 3 is 1.96 bits per heavy atom. The van der Waals surface area contributed by atoms with Crippen molar-refractivity contribution in [3.8, 4) is 0 Å². The van der Waals surface area contributed by atoms with E-state index in [0.29, 0.717) is 12.3 Å². The summed E-state index contributed by atoms with van der Waals surface area (Å²) in [5.74, 6) is 0.600. The van der Waals surface area contributed by atoms with Gasteiger partial charge in [0.05, 0.1) is 19.3 Å². The van der Waals surface area contributed by atoms with Gasteiger partial charge < -0.3 is 59.8 Å². The molecular formula is C42H68O12. The van der Waals surface area contributed by atoms with E-state index in [1.165, 1.54) is 12.0 Å². The molecule has 12 heteroatoms. The molecule has 2 saturated heterocycles. The first-order valence-corrected chi connectivity index (χ1v) is 20.5. The van der Waals surface area contributed by atoms with E-state index in [4.69, 9.17) is 18.9 Å². The number of ether oxygens (including phenoxy) is 4. The number of aliphatic hydroxyl groups is 8. The van der Waals surface area contributed by atoms with Gasteiger partial charge in [0.25, 0.3) is 0 Å². The molecule has 7 rings (SSSR count). The van der Waals surface area contributed by atoms with Crippen LogP contribution in [-0.2, 0) is 18.9 Å². The van der Waals surface area contributed by atoms with E-state index >= 15 is 0 Å². The van der Waals surface area contributed by atoms with E-state index in [0.717, 1.165) is 44.9 Å². The Bertz CT molecular complexity index is 1470. The predicted molar refractivity (Wildman–Crippen MR) is 197 cm³/mol. The summed E-state index contributed by atoms with van der Waals surface area (Å²) in [6, 6.07) is 0. The molecule has 308 valence electrons. The van der Waals surface area contributed by atoms with Crippen LogP contribution in [0.1, 0.15) is 106 Å². The van der Waals surface area contributed by atoms with Gasteiger partial charge >= 0.3 is 0 Å². The van der Waals surface area contributed by atoms with Gasteiger partial charge in [0.2, 0.25) is 0 Å². The van der Waals surface area contributed by atoms with Gasteiger partial charge in [0.15, 0.2) is 12.6 Å². The number of hydrogen-bond donors (Lipinski definition) is 8. The van der Waals surface area contributed by atoms with Crippen molar-refractivity contribution >= 4 is 0 Å². The van der Waals surface area contributed by atoms with E-state index in [9.17, 15) is 40.9 Å². The summed E-state index contributed by atoms with van der Waals surface area (Å²) in [5.41, 5.74) is 2.84. The average Bonchev–Trinajstić information content (AvgIpc) is 3.13. The Balaban J connectivity index is 1.16. The maximum Gasteiger partial charge on any atom is 0.187 e. The Morgan fingerprint density at radius 1 is 0.685 bits per heavy atom. The van der Waals surface area contributed by atoms with Crippen LogP contribution in [0.2, 0.25) is 0 Å². The number of allylic oxidation sites excluding steroid dienone is 4. The molecule has 8 N–H and O–H groups in total. The first kappa shape index (κ1) is 41.2. The van der Waals surface area contributed by atoms with Crippen molar-refractivity contribution in [2.24, 2.45) is 44.3 Å². The molecule has 3 saturated carbocycles. The first-order valence-electron chi connectivity index (χ1n) is 20.5. The largest absolute Gasteiger partial charge is 0.396 e. The highest BCUT2D eigenvalue weighted by molar-refractivity contribution is 5.45.